The van der Waals surface area contributed by atoms with Crippen LogP contribution in [0.4, 0.5) is 0 Å². The summed E-state index contributed by atoms with van der Waals surface area (Å²) in [5.74, 6) is 0. The summed E-state index contributed by atoms with van der Waals surface area (Å²) in [5, 5.41) is 0. The summed E-state index contributed by atoms with van der Waals surface area (Å²) in [6.45, 7) is 12.0. The van der Waals surface area contributed by atoms with Crippen LogP contribution in [0.5, 0.6) is 0 Å². The Morgan fingerprint density at radius 3 is 1.80 bits per heavy atom. The average Bonchev–Trinajstić information content (AvgIpc) is 2.46. The van der Waals surface area contributed by atoms with Crippen molar-refractivity contribution in [3.05, 3.63) is 90.5 Å². The summed E-state index contributed by atoms with van der Waals surface area (Å²) >= 11 is 0. The molecule has 0 heteroatoms. The standard InChI is InChI=1S/C20H20/c1-15(2)5-8-17(4)18-11-13-20(14-12-18)19-9-6-16(3)7-10-19/h5-14H,1,4H2,2-3H3. The zero-order chi connectivity index (χ0) is 14.5. The van der Waals surface area contributed by atoms with E-state index in [-0.39, 0.29) is 0 Å². The Labute approximate surface area is 121 Å². The molecule has 0 aliphatic heterocycles. The molecule has 0 aliphatic rings. The Balaban J connectivity index is 2.20. The predicted molar refractivity (Wildman–Crippen MR) is 89.6 cm³/mol. The molecule has 0 saturated carbocycles. The van der Waals surface area contributed by atoms with Gasteiger partial charge in [0.25, 0.3) is 0 Å². The summed E-state index contributed by atoms with van der Waals surface area (Å²) in [6.07, 6.45) is 3.99. The fourth-order valence-corrected chi connectivity index (χ4v) is 1.96. The maximum Gasteiger partial charge on any atom is -0.0184 e. The van der Waals surface area contributed by atoms with Crippen LogP contribution < -0.4 is 0 Å². The van der Waals surface area contributed by atoms with Gasteiger partial charge in [0.1, 0.15) is 0 Å². The van der Waals surface area contributed by atoms with E-state index in [0.717, 1.165) is 16.7 Å². The van der Waals surface area contributed by atoms with Gasteiger partial charge in [-0.2, -0.15) is 0 Å². The van der Waals surface area contributed by atoms with Crippen molar-refractivity contribution in [2.24, 2.45) is 0 Å². The molecule has 0 N–H and O–H groups in total. The number of hydrogen-bond donors (Lipinski definition) is 0. The summed E-state index contributed by atoms with van der Waals surface area (Å²) < 4.78 is 0. The molecule has 0 unspecified atom stereocenters. The molecule has 0 aromatic heterocycles. The third kappa shape index (κ3) is 3.58. The first kappa shape index (κ1) is 14.1. The van der Waals surface area contributed by atoms with Crippen molar-refractivity contribution in [3.8, 4) is 11.1 Å². The fraction of sp³-hybridized carbons (Fsp3) is 0.100. The Kier molecular flexibility index (Phi) is 4.37. The summed E-state index contributed by atoms with van der Waals surface area (Å²) in [4.78, 5) is 0. The van der Waals surface area contributed by atoms with Crippen LogP contribution in [0.1, 0.15) is 18.1 Å². The maximum atomic E-state index is 4.08. The first-order valence-corrected chi connectivity index (χ1v) is 6.76. The molecule has 0 bridgehead atoms. The Morgan fingerprint density at radius 2 is 1.30 bits per heavy atom. The smallest absolute Gasteiger partial charge is 0.0184 e. The predicted octanol–water partition coefficient (Wildman–Crippen LogP) is 5.81. The van der Waals surface area contributed by atoms with Gasteiger partial charge in [-0.3, -0.25) is 0 Å². The van der Waals surface area contributed by atoms with E-state index in [9.17, 15) is 0 Å². The van der Waals surface area contributed by atoms with Crippen molar-refractivity contribution in [3.63, 3.8) is 0 Å². The SMILES string of the molecule is C=C(C)C=CC(=C)c1ccc(-c2ccc(C)cc2)cc1. The van der Waals surface area contributed by atoms with Crippen LogP contribution in [-0.4, -0.2) is 0 Å². The zero-order valence-electron chi connectivity index (χ0n) is 12.2. The van der Waals surface area contributed by atoms with Crippen LogP contribution in [0.2, 0.25) is 0 Å². The van der Waals surface area contributed by atoms with Gasteiger partial charge in [0.05, 0.1) is 0 Å². The lowest BCUT2D eigenvalue weighted by molar-refractivity contribution is 1.47. The number of hydrogen-bond acceptors (Lipinski definition) is 0. The van der Waals surface area contributed by atoms with Gasteiger partial charge < -0.3 is 0 Å². The van der Waals surface area contributed by atoms with Gasteiger partial charge in [0.2, 0.25) is 0 Å². The van der Waals surface area contributed by atoms with Crippen LogP contribution in [0.3, 0.4) is 0 Å². The van der Waals surface area contributed by atoms with E-state index in [1.165, 1.54) is 16.7 Å². The molecule has 2 rings (SSSR count). The zero-order valence-corrected chi connectivity index (χ0v) is 12.2. The summed E-state index contributed by atoms with van der Waals surface area (Å²) in [6, 6.07) is 17.1. The molecular formula is C20H20. The topological polar surface area (TPSA) is 0 Å². The molecule has 0 radical (unpaired) electrons. The highest BCUT2D eigenvalue weighted by Gasteiger charge is 1.99. The molecule has 2 aromatic carbocycles. The molecule has 100 valence electrons. The Hall–Kier alpha value is -2.34. The quantitative estimate of drug-likeness (QED) is 0.609. The van der Waals surface area contributed by atoms with E-state index >= 15 is 0 Å². The molecule has 0 saturated heterocycles. The van der Waals surface area contributed by atoms with Crippen LogP contribution in [0.25, 0.3) is 16.7 Å². The van der Waals surface area contributed by atoms with E-state index in [0.29, 0.717) is 0 Å². The largest absolute Gasteiger partial charge is 0.0961 e. The highest BCUT2D eigenvalue weighted by atomic mass is 14.0. The molecule has 2 aromatic rings. The normalized spacial score (nSPS) is 10.7. The van der Waals surface area contributed by atoms with Crippen LogP contribution in [0, 0.1) is 6.92 Å². The van der Waals surface area contributed by atoms with Crippen molar-refractivity contribution < 1.29 is 0 Å². The number of aryl methyl sites for hydroxylation is 1. The van der Waals surface area contributed by atoms with Gasteiger partial charge >= 0.3 is 0 Å². The lowest BCUT2D eigenvalue weighted by atomic mass is 10.00. The molecule has 0 atom stereocenters. The Morgan fingerprint density at radius 1 is 0.800 bits per heavy atom. The average molecular weight is 260 g/mol. The van der Waals surface area contributed by atoms with Crippen molar-refractivity contribution in [1.82, 2.24) is 0 Å². The van der Waals surface area contributed by atoms with Gasteiger partial charge in [-0.1, -0.05) is 85.0 Å². The van der Waals surface area contributed by atoms with E-state index < -0.39 is 0 Å². The van der Waals surface area contributed by atoms with Crippen LogP contribution in [-0.2, 0) is 0 Å². The molecule has 0 heterocycles. The third-order valence-corrected chi connectivity index (χ3v) is 3.21. The van der Waals surface area contributed by atoms with Gasteiger partial charge in [-0.15, -0.1) is 0 Å². The molecular weight excluding hydrogens is 240 g/mol. The number of rotatable bonds is 4. The minimum absolute atomic E-state index is 1.00. The monoisotopic (exact) mass is 260 g/mol. The second-order valence-electron chi connectivity index (χ2n) is 5.15. The second-order valence-corrected chi connectivity index (χ2v) is 5.15. The molecule has 0 amide bonds. The van der Waals surface area contributed by atoms with E-state index in [1.807, 2.05) is 19.1 Å². The second kappa shape index (κ2) is 6.21. The lowest BCUT2D eigenvalue weighted by Crippen LogP contribution is -1.82. The first-order chi connectivity index (χ1) is 9.56. The lowest BCUT2D eigenvalue weighted by Gasteiger charge is -2.05. The van der Waals surface area contributed by atoms with Crippen molar-refractivity contribution in [2.45, 2.75) is 13.8 Å². The number of allylic oxidation sites excluding steroid dienone is 4. The molecule has 0 aliphatic carbocycles. The Bertz CT molecular complexity index is 637. The van der Waals surface area contributed by atoms with Crippen molar-refractivity contribution in [1.29, 1.82) is 0 Å². The van der Waals surface area contributed by atoms with Gasteiger partial charge in [0, 0.05) is 0 Å². The highest BCUT2D eigenvalue weighted by molar-refractivity contribution is 5.75. The summed E-state index contributed by atoms with van der Waals surface area (Å²) in [5.41, 5.74) is 6.92. The van der Waals surface area contributed by atoms with E-state index in [2.05, 4.69) is 68.6 Å². The number of benzene rings is 2. The van der Waals surface area contributed by atoms with Crippen molar-refractivity contribution in [2.75, 3.05) is 0 Å². The van der Waals surface area contributed by atoms with Gasteiger partial charge in [-0.25, -0.2) is 0 Å². The summed E-state index contributed by atoms with van der Waals surface area (Å²) in [7, 11) is 0. The molecule has 0 spiro atoms. The fourth-order valence-electron chi connectivity index (χ4n) is 1.96. The van der Waals surface area contributed by atoms with E-state index in [1.54, 1.807) is 0 Å². The maximum absolute atomic E-state index is 4.08. The first-order valence-electron chi connectivity index (χ1n) is 6.76. The third-order valence-electron chi connectivity index (χ3n) is 3.21. The van der Waals surface area contributed by atoms with Gasteiger partial charge in [-0.05, 0) is 36.1 Å². The molecule has 20 heavy (non-hydrogen) atoms. The van der Waals surface area contributed by atoms with Crippen LogP contribution in [0.15, 0.2) is 79.4 Å². The molecule has 0 fully saturated rings. The molecule has 0 nitrogen and oxygen atoms in total. The van der Waals surface area contributed by atoms with Crippen molar-refractivity contribution >= 4 is 5.57 Å². The van der Waals surface area contributed by atoms with Crippen LogP contribution >= 0.6 is 0 Å². The highest BCUT2D eigenvalue weighted by Crippen LogP contribution is 2.23. The minimum atomic E-state index is 1.00. The van der Waals surface area contributed by atoms with Gasteiger partial charge in [0.15, 0.2) is 0 Å². The minimum Gasteiger partial charge on any atom is -0.0961 e. The van der Waals surface area contributed by atoms with E-state index in [4.69, 9.17) is 0 Å².